The number of phenolic OH excluding ortho intramolecular Hbond substituents is 1. The van der Waals surface area contributed by atoms with Gasteiger partial charge in [0, 0.05) is 22.8 Å². The highest BCUT2D eigenvalue weighted by Gasteiger charge is 2.22. The number of aromatic hydroxyl groups is 1. The molecule has 0 aromatic heterocycles. The molecule has 7 heteroatoms. The van der Waals surface area contributed by atoms with Crippen molar-refractivity contribution in [3.05, 3.63) is 17.9 Å². The van der Waals surface area contributed by atoms with E-state index < -0.39 is 25.5 Å². The van der Waals surface area contributed by atoms with E-state index in [0.29, 0.717) is 0 Å². The summed E-state index contributed by atoms with van der Waals surface area (Å²) in [7, 11) is 1.85. The molecule has 0 bridgehead atoms. The van der Waals surface area contributed by atoms with Gasteiger partial charge in [-0.25, -0.2) is 12.8 Å². The van der Waals surface area contributed by atoms with E-state index in [-0.39, 0.29) is 5.75 Å². The highest BCUT2D eigenvalue weighted by Crippen LogP contribution is 2.32. The van der Waals surface area contributed by atoms with Gasteiger partial charge in [-0.05, 0) is 0 Å². The lowest BCUT2D eigenvalue weighted by Gasteiger charge is -2.05. The average molecular weight is 241 g/mol. The van der Waals surface area contributed by atoms with Crippen LogP contribution in [0.15, 0.2) is 17.0 Å². The van der Waals surface area contributed by atoms with Crippen molar-refractivity contribution in [1.82, 2.24) is 0 Å². The maximum Gasteiger partial charge on any atom is 0.267 e. The van der Waals surface area contributed by atoms with Crippen molar-refractivity contribution < 1.29 is 22.7 Å². The van der Waals surface area contributed by atoms with Crippen LogP contribution < -0.4 is 4.74 Å². The molecule has 0 aliphatic heterocycles. The van der Waals surface area contributed by atoms with Crippen molar-refractivity contribution in [2.45, 2.75) is 4.90 Å². The third-order valence-corrected chi connectivity index (χ3v) is 2.83. The molecule has 4 nitrogen and oxygen atoms in total. The smallest absolute Gasteiger partial charge is 0.267 e. The quantitative estimate of drug-likeness (QED) is 0.795. The SMILES string of the molecule is COc1cc(O)c(S(=O)(=O)Cl)c(F)c1. The van der Waals surface area contributed by atoms with Crippen LogP contribution in [0.3, 0.4) is 0 Å². The van der Waals surface area contributed by atoms with Crippen LogP contribution >= 0.6 is 10.7 Å². The molecule has 14 heavy (non-hydrogen) atoms. The molecule has 0 amide bonds. The Hall–Kier alpha value is -1.01. The molecule has 1 rings (SSSR count). The van der Waals surface area contributed by atoms with Gasteiger partial charge in [0.1, 0.15) is 11.5 Å². The first-order valence-electron chi connectivity index (χ1n) is 3.37. The van der Waals surface area contributed by atoms with Gasteiger partial charge < -0.3 is 9.84 Å². The summed E-state index contributed by atoms with van der Waals surface area (Å²) in [6, 6.07) is 1.77. The molecule has 0 aliphatic rings. The summed E-state index contributed by atoms with van der Waals surface area (Å²) in [5.41, 5.74) is 0. The van der Waals surface area contributed by atoms with Crippen LogP contribution in [-0.2, 0) is 9.05 Å². The predicted molar refractivity (Wildman–Crippen MR) is 47.7 cm³/mol. The molecule has 0 aliphatic carbocycles. The molecule has 1 aromatic carbocycles. The van der Waals surface area contributed by atoms with Crippen molar-refractivity contribution >= 4 is 19.7 Å². The fourth-order valence-electron chi connectivity index (χ4n) is 0.914. The van der Waals surface area contributed by atoms with Crippen molar-refractivity contribution in [2.24, 2.45) is 0 Å². The number of halogens is 2. The number of rotatable bonds is 2. The number of ether oxygens (including phenoxy) is 1. The van der Waals surface area contributed by atoms with Crippen LogP contribution in [0.5, 0.6) is 11.5 Å². The first kappa shape index (κ1) is 11.1. The Labute approximate surface area is 84.3 Å². The largest absolute Gasteiger partial charge is 0.506 e. The monoisotopic (exact) mass is 240 g/mol. The minimum atomic E-state index is -4.30. The minimum absolute atomic E-state index is 0.00377. The van der Waals surface area contributed by atoms with E-state index in [1.54, 1.807) is 0 Å². The molecule has 0 unspecified atom stereocenters. The third-order valence-electron chi connectivity index (χ3n) is 1.48. The Bertz CT molecular complexity index is 434. The van der Waals surface area contributed by atoms with Gasteiger partial charge in [-0.1, -0.05) is 0 Å². The van der Waals surface area contributed by atoms with Crippen molar-refractivity contribution in [3.63, 3.8) is 0 Å². The van der Waals surface area contributed by atoms with Crippen molar-refractivity contribution in [2.75, 3.05) is 7.11 Å². The van der Waals surface area contributed by atoms with Crippen LogP contribution in [0.25, 0.3) is 0 Å². The van der Waals surface area contributed by atoms with Crippen LogP contribution in [-0.4, -0.2) is 20.6 Å². The second-order valence-electron chi connectivity index (χ2n) is 2.40. The molecule has 0 saturated carbocycles. The van der Waals surface area contributed by atoms with Crippen molar-refractivity contribution in [3.8, 4) is 11.5 Å². The van der Waals surface area contributed by atoms with Gasteiger partial charge in [-0.3, -0.25) is 0 Å². The van der Waals surface area contributed by atoms with E-state index in [2.05, 4.69) is 4.74 Å². The number of benzene rings is 1. The Balaban J connectivity index is 3.48. The summed E-state index contributed by atoms with van der Waals surface area (Å²) >= 11 is 0. The van der Waals surface area contributed by atoms with E-state index in [1.807, 2.05) is 0 Å². The van der Waals surface area contributed by atoms with Gasteiger partial charge in [0.25, 0.3) is 9.05 Å². The van der Waals surface area contributed by atoms with Gasteiger partial charge in [-0.15, -0.1) is 0 Å². The van der Waals surface area contributed by atoms with Gasteiger partial charge in [0.2, 0.25) is 0 Å². The molecule has 0 atom stereocenters. The van der Waals surface area contributed by atoms with Gasteiger partial charge in [-0.2, -0.15) is 0 Å². The highest BCUT2D eigenvalue weighted by molar-refractivity contribution is 8.13. The topological polar surface area (TPSA) is 63.6 Å². The van der Waals surface area contributed by atoms with Crippen LogP contribution in [0.1, 0.15) is 0 Å². The lowest BCUT2D eigenvalue weighted by atomic mass is 10.3. The molecular formula is C7H6ClFO4S. The zero-order valence-electron chi connectivity index (χ0n) is 6.99. The zero-order chi connectivity index (χ0) is 10.9. The third kappa shape index (κ3) is 2.08. The van der Waals surface area contributed by atoms with Crippen LogP contribution in [0.2, 0.25) is 0 Å². The molecule has 1 N–H and O–H groups in total. The first-order valence-corrected chi connectivity index (χ1v) is 5.68. The van der Waals surface area contributed by atoms with E-state index in [1.165, 1.54) is 7.11 Å². The lowest BCUT2D eigenvalue weighted by Crippen LogP contribution is -1.97. The first-order chi connectivity index (χ1) is 6.36. The lowest BCUT2D eigenvalue weighted by molar-refractivity contribution is 0.395. The Morgan fingerprint density at radius 3 is 2.43 bits per heavy atom. The van der Waals surface area contributed by atoms with Crippen LogP contribution in [0, 0.1) is 5.82 Å². The Morgan fingerprint density at radius 1 is 1.50 bits per heavy atom. The number of phenols is 1. The number of methoxy groups -OCH3 is 1. The number of hydrogen-bond donors (Lipinski definition) is 1. The molecule has 78 valence electrons. The fourth-order valence-corrected chi connectivity index (χ4v) is 1.97. The second kappa shape index (κ2) is 3.62. The maximum atomic E-state index is 13.1. The average Bonchev–Trinajstić information content (AvgIpc) is 1.99. The predicted octanol–water partition coefficient (Wildman–Crippen LogP) is 1.47. The van der Waals surface area contributed by atoms with Crippen molar-refractivity contribution in [1.29, 1.82) is 0 Å². The summed E-state index contributed by atoms with van der Waals surface area (Å²) in [6.07, 6.45) is 0. The highest BCUT2D eigenvalue weighted by atomic mass is 35.7. The molecule has 0 fully saturated rings. The molecule has 0 saturated heterocycles. The van der Waals surface area contributed by atoms with Gasteiger partial charge >= 0.3 is 0 Å². The molecular weight excluding hydrogens is 235 g/mol. The maximum absolute atomic E-state index is 13.1. The summed E-state index contributed by atoms with van der Waals surface area (Å²) in [4.78, 5) is -0.944. The summed E-state index contributed by atoms with van der Waals surface area (Å²) in [6.45, 7) is 0. The molecule has 0 heterocycles. The summed E-state index contributed by atoms with van der Waals surface area (Å²) < 4.78 is 39.3. The summed E-state index contributed by atoms with van der Waals surface area (Å²) in [5, 5.41) is 9.16. The standard InChI is InChI=1S/C7H6ClFO4S/c1-13-4-2-5(9)7(6(10)3-4)14(8,11)12/h2-3,10H,1H3. The molecule has 1 aromatic rings. The molecule has 0 spiro atoms. The normalized spacial score (nSPS) is 11.4. The van der Waals surface area contributed by atoms with E-state index in [9.17, 15) is 12.8 Å². The molecule has 0 radical (unpaired) electrons. The second-order valence-corrected chi connectivity index (χ2v) is 4.90. The van der Waals surface area contributed by atoms with E-state index >= 15 is 0 Å². The van der Waals surface area contributed by atoms with Gasteiger partial charge in [0.15, 0.2) is 10.7 Å². The zero-order valence-corrected chi connectivity index (χ0v) is 8.56. The van der Waals surface area contributed by atoms with E-state index in [0.717, 1.165) is 12.1 Å². The summed E-state index contributed by atoms with van der Waals surface area (Å²) in [5.74, 6) is -1.93. The van der Waals surface area contributed by atoms with Gasteiger partial charge in [0.05, 0.1) is 7.11 Å². The fraction of sp³-hybridized carbons (Fsp3) is 0.143. The Kier molecular flexibility index (Phi) is 2.86. The van der Waals surface area contributed by atoms with Crippen LogP contribution in [0.4, 0.5) is 4.39 Å². The minimum Gasteiger partial charge on any atom is -0.506 e. The Morgan fingerprint density at radius 2 is 2.07 bits per heavy atom. The van der Waals surface area contributed by atoms with E-state index in [4.69, 9.17) is 15.8 Å². The number of hydrogen-bond acceptors (Lipinski definition) is 4.